The minimum absolute atomic E-state index is 0.0787. The van der Waals surface area contributed by atoms with Gasteiger partial charge in [-0.25, -0.2) is 0 Å². The van der Waals surface area contributed by atoms with Crippen LogP contribution in [-0.2, 0) is 16.9 Å². The summed E-state index contributed by atoms with van der Waals surface area (Å²) in [5, 5.41) is 17.4. The van der Waals surface area contributed by atoms with Gasteiger partial charge in [-0.1, -0.05) is 30.3 Å². The smallest absolute Gasteiger partial charge is 0.306 e. The molecule has 7 heteroatoms. The molecule has 116 valence electrons. The lowest BCUT2D eigenvalue weighted by Crippen LogP contribution is -2.41. The van der Waals surface area contributed by atoms with Gasteiger partial charge >= 0.3 is 5.69 Å². The van der Waals surface area contributed by atoms with Crippen LogP contribution < -0.4 is 5.32 Å². The number of hydrogen-bond acceptors (Lipinski definition) is 4. The Labute approximate surface area is 128 Å². The van der Waals surface area contributed by atoms with E-state index in [1.165, 1.54) is 17.1 Å². The molecule has 1 aromatic heterocycles. The highest BCUT2D eigenvalue weighted by Crippen LogP contribution is 2.19. The highest BCUT2D eigenvalue weighted by molar-refractivity contribution is 5.76. The fourth-order valence-corrected chi connectivity index (χ4v) is 2.12. The largest absolute Gasteiger partial charge is 0.347 e. The maximum Gasteiger partial charge on any atom is 0.306 e. The molecule has 1 N–H and O–H groups in total. The molecule has 0 aliphatic carbocycles. The second-order valence-corrected chi connectivity index (χ2v) is 5.51. The molecule has 0 fully saturated rings. The van der Waals surface area contributed by atoms with E-state index in [4.69, 9.17) is 0 Å². The van der Waals surface area contributed by atoms with E-state index in [1.807, 2.05) is 44.2 Å². The Balaban J connectivity index is 1.91. The molecular formula is C15H18N4O3. The van der Waals surface area contributed by atoms with E-state index >= 15 is 0 Å². The minimum atomic E-state index is -0.512. The Morgan fingerprint density at radius 2 is 2.05 bits per heavy atom. The summed E-state index contributed by atoms with van der Waals surface area (Å²) in [6.45, 7) is 4.16. The molecule has 0 saturated heterocycles. The topological polar surface area (TPSA) is 90.1 Å². The zero-order valence-electron chi connectivity index (χ0n) is 12.5. The number of rotatable bonds is 6. The van der Waals surface area contributed by atoms with Gasteiger partial charge in [0.1, 0.15) is 12.4 Å². The molecule has 0 spiro atoms. The van der Waals surface area contributed by atoms with Gasteiger partial charge in [-0.15, -0.1) is 0 Å². The summed E-state index contributed by atoms with van der Waals surface area (Å²) in [7, 11) is 0. The first-order valence-electron chi connectivity index (χ1n) is 6.92. The van der Waals surface area contributed by atoms with Crippen molar-refractivity contribution >= 4 is 11.6 Å². The van der Waals surface area contributed by atoms with E-state index in [0.29, 0.717) is 6.54 Å². The van der Waals surface area contributed by atoms with Gasteiger partial charge < -0.3 is 5.32 Å². The van der Waals surface area contributed by atoms with Gasteiger partial charge in [0.2, 0.25) is 5.91 Å². The number of carbonyl (C=O) groups is 1. The summed E-state index contributed by atoms with van der Waals surface area (Å²) >= 11 is 0. The first kappa shape index (κ1) is 15.7. The SMILES string of the molecule is CC(C)(NC(=O)CCn1cc([N+](=O)[O-])cn1)c1ccccc1. The molecule has 2 rings (SSSR count). The fourth-order valence-electron chi connectivity index (χ4n) is 2.12. The van der Waals surface area contributed by atoms with Crippen LogP contribution in [-0.4, -0.2) is 20.6 Å². The third kappa shape index (κ3) is 3.91. The second kappa shape index (κ2) is 6.38. The van der Waals surface area contributed by atoms with Crippen molar-refractivity contribution in [1.82, 2.24) is 15.1 Å². The molecule has 0 aliphatic rings. The molecule has 0 radical (unpaired) electrons. The third-order valence-corrected chi connectivity index (χ3v) is 3.35. The second-order valence-electron chi connectivity index (χ2n) is 5.51. The quantitative estimate of drug-likeness (QED) is 0.654. The van der Waals surface area contributed by atoms with Crippen LogP contribution >= 0.6 is 0 Å². The van der Waals surface area contributed by atoms with Crippen LogP contribution in [0.5, 0.6) is 0 Å². The number of nitrogens with one attached hydrogen (secondary N) is 1. The van der Waals surface area contributed by atoms with Gasteiger partial charge in [-0.05, 0) is 19.4 Å². The van der Waals surface area contributed by atoms with Gasteiger partial charge in [-0.3, -0.25) is 19.6 Å². The number of hydrogen-bond donors (Lipinski definition) is 1. The lowest BCUT2D eigenvalue weighted by atomic mass is 9.94. The Bertz CT molecular complexity index is 664. The van der Waals surface area contributed by atoms with Crippen LogP contribution in [0.2, 0.25) is 0 Å². The first-order valence-corrected chi connectivity index (χ1v) is 6.92. The van der Waals surface area contributed by atoms with Crippen LogP contribution in [0.1, 0.15) is 25.8 Å². The number of benzene rings is 1. The van der Waals surface area contributed by atoms with Crippen molar-refractivity contribution in [2.24, 2.45) is 0 Å². The third-order valence-electron chi connectivity index (χ3n) is 3.35. The monoisotopic (exact) mass is 302 g/mol. The summed E-state index contributed by atoms with van der Waals surface area (Å²) in [6.07, 6.45) is 2.69. The molecule has 0 bridgehead atoms. The summed E-state index contributed by atoms with van der Waals surface area (Å²) in [4.78, 5) is 22.1. The van der Waals surface area contributed by atoms with Crippen molar-refractivity contribution < 1.29 is 9.72 Å². The van der Waals surface area contributed by atoms with Crippen LogP contribution in [0.4, 0.5) is 5.69 Å². The number of amides is 1. The summed E-state index contributed by atoms with van der Waals surface area (Å²) in [6, 6.07) is 9.68. The molecule has 2 aromatic rings. The average molecular weight is 302 g/mol. The van der Waals surface area contributed by atoms with E-state index in [9.17, 15) is 14.9 Å². The van der Waals surface area contributed by atoms with Gasteiger partial charge in [0.15, 0.2) is 0 Å². The fraction of sp³-hybridized carbons (Fsp3) is 0.333. The van der Waals surface area contributed by atoms with Crippen LogP contribution in [0, 0.1) is 10.1 Å². The summed E-state index contributed by atoms with van der Waals surface area (Å²) < 4.78 is 1.40. The van der Waals surface area contributed by atoms with Gasteiger partial charge in [0.05, 0.1) is 10.5 Å². The van der Waals surface area contributed by atoms with Crippen molar-refractivity contribution in [3.05, 3.63) is 58.4 Å². The molecule has 0 saturated carbocycles. The lowest BCUT2D eigenvalue weighted by Gasteiger charge is -2.27. The molecule has 1 aromatic carbocycles. The highest BCUT2D eigenvalue weighted by Gasteiger charge is 2.22. The molecule has 7 nitrogen and oxygen atoms in total. The van der Waals surface area contributed by atoms with E-state index in [1.54, 1.807) is 0 Å². The van der Waals surface area contributed by atoms with Gasteiger partial charge in [-0.2, -0.15) is 5.10 Å². The van der Waals surface area contributed by atoms with Crippen molar-refractivity contribution in [2.45, 2.75) is 32.4 Å². The lowest BCUT2D eigenvalue weighted by molar-refractivity contribution is -0.385. The summed E-state index contributed by atoms with van der Waals surface area (Å²) in [5.74, 6) is -0.132. The zero-order valence-corrected chi connectivity index (χ0v) is 12.5. The number of nitro groups is 1. The Morgan fingerprint density at radius 3 is 2.64 bits per heavy atom. The van der Waals surface area contributed by atoms with E-state index in [-0.39, 0.29) is 18.0 Å². The highest BCUT2D eigenvalue weighted by atomic mass is 16.6. The van der Waals surface area contributed by atoms with Crippen molar-refractivity contribution in [2.75, 3.05) is 0 Å². The van der Waals surface area contributed by atoms with Crippen molar-refractivity contribution in [1.29, 1.82) is 0 Å². The standard InChI is InChI=1S/C15H18N4O3/c1-15(2,12-6-4-3-5-7-12)17-14(20)8-9-18-11-13(10-16-18)19(21)22/h3-7,10-11H,8-9H2,1-2H3,(H,17,20). The molecule has 1 heterocycles. The van der Waals surface area contributed by atoms with Crippen molar-refractivity contribution in [3.8, 4) is 0 Å². The maximum absolute atomic E-state index is 12.1. The predicted molar refractivity (Wildman–Crippen MR) is 81.1 cm³/mol. The predicted octanol–water partition coefficient (Wildman–Crippen LogP) is 2.23. The Hall–Kier alpha value is -2.70. The number of aromatic nitrogens is 2. The van der Waals surface area contributed by atoms with E-state index in [2.05, 4.69) is 10.4 Å². The number of nitrogens with zero attached hydrogens (tertiary/aromatic N) is 3. The molecule has 1 amide bonds. The number of aryl methyl sites for hydroxylation is 1. The molecule has 0 aliphatic heterocycles. The van der Waals surface area contributed by atoms with Gasteiger partial charge in [0.25, 0.3) is 0 Å². The molecule has 0 atom stereocenters. The van der Waals surface area contributed by atoms with Crippen molar-refractivity contribution in [3.63, 3.8) is 0 Å². The van der Waals surface area contributed by atoms with Crippen LogP contribution in [0.15, 0.2) is 42.7 Å². The molecule has 0 unspecified atom stereocenters. The molecule has 22 heavy (non-hydrogen) atoms. The minimum Gasteiger partial charge on any atom is -0.347 e. The Kier molecular flexibility index (Phi) is 4.55. The van der Waals surface area contributed by atoms with E-state index < -0.39 is 10.5 Å². The zero-order chi connectivity index (χ0) is 16.2. The first-order chi connectivity index (χ1) is 10.4. The van der Waals surface area contributed by atoms with Crippen LogP contribution in [0.3, 0.4) is 0 Å². The van der Waals surface area contributed by atoms with Gasteiger partial charge in [0, 0.05) is 13.0 Å². The number of carbonyl (C=O) groups excluding carboxylic acids is 1. The normalized spacial score (nSPS) is 11.2. The Morgan fingerprint density at radius 1 is 1.36 bits per heavy atom. The van der Waals surface area contributed by atoms with Crippen LogP contribution in [0.25, 0.3) is 0 Å². The molecular weight excluding hydrogens is 284 g/mol. The average Bonchev–Trinajstić information content (AvgIpc) is 2.95. The maximum atomic E-state index is 12.1. The summed E-state index contributed by atoms with van der Waals surface area (Å²) in [5.41, 5.74) is 0.456. The van der Waals surface area contributed by atoms with E-state index in [0.717, 1.165) is 5.56 Å².